The quantitative estimate of drug-likeness (QED) is 0.382. The number of carbonyl (C=O) groups is 2. The average Bonchev–Trinajstić information content (AvgIpc) is 2.92. The van der Waals surface area contributed by atoms with Crippen molar-refractivity contribution < 1.29 is 22.7 Å². The molecule has 8 nitrogen and oxygen atoms in total. The average molecular weight is 558 g/mol. The lowest BCUT2D eigenvalue weighted by Gasteiger charge is -2.33. The van der Waals surface area contributed by atoms with Gasteiger partial charge in [-0.05, 0) is 62.4 Å². The number of methoxy groups -OCH3 is 1. The Morgan fingerprint density at radius 1 is 1.03 bits per heavy atom. The summed E-state index contributed by atoms with van der Waals surface area (Å²) in [6.07, 6.45) is 7.46. The van der Waals surface area contributed by atoms with E-state index in [9.17, 15) is 18.0 Å². The predicted molar refractivity (Wildman–Crippen MR) is 155 cm³/mol. The molecule has 214 valence electrons. The Hall–Kier alpha value is -3.07. The molecule has 1 aliphatic rings. The molecule has 0 bridgehead atoms. The van der Waals surface area contributed by atoms with Crippen LogP contribution in [0, 0.1) is 6.92 Å². The summed E-state index contributed by atoms with van der Waals surface area (Å²) in [7, 11) is -1.92. The van der Waals surface area contributed by atoms with E-state index in [1.54, 1.807) is 24.1 Å². The van der Waals surface area contributed by atoms with Gasteiger partial charge in [0.25, 0.3) is 0 Å². The minimum absolute atomic E-state index is 0.122. The molecule has 3 rings (SSSR count). The minimum atomic E-state index is -3.52. The van der Waals surface area contributed by atoms with E-state index < -0.39 is 16.1 Å². The Morgan fingerprint density at radius 2 is 1.67 bits per heavy atom. The van der Waals surface area contributed by atoms with Gasteiger partial charge in [-0.15, -0.1) is 0 Å². The molecule has 0 heterocycles. The van der Waals surface area contributed by atoms with Crippen molar-refractivity contribution in [3.8, 4) is 5.75 Å². The molecule has 0 radical (unpaired) electrons. The summed E-state index contributed by atoms with van der Waals surface area (Å²) in [4.78, 5) is 28.7. The molecule has 9 heteroatoms. The summed E-state index contributed by atoms with van der Waals surface area (Å²) in [6.45, 7) is 4.32. The minimum Gasteiger partial charge on any atom is -0.497 e. The van der Waals surface area contributed by atoms with Crippen LogP contribution < -0.4 is 14.4 Å². The van der Waals surface area contributed by atoms with Crippen molar-refractivity contribution >= 4 is 27.5 Å². The van der Waals surface area contributed by atoms with Crippen LogP contribution in [0.3, 0.4) is 0 Å². The molecule has 2 amide bonds. The van der Waals surface area contributed by atoms with Crippen molar-refractivity contribution in [3.63, 3.8) is 0 Å². The van der Waals surface area contributed by atoms with Gasteiger partial charge in [-0.3, -0.25) is 13.9 Å². The zero-order chi connectivity index (χ0) is 28.4. The number of amides is 2. The van der Waals surface area contributed by atoms with E-state index in [0.29, 0.717) is 18.5 Å². The first kappa shape index (κ1) is 30.5. The topological polar surface area (TPSA) is 96.0 Å². The first-order valence-electron chi connectivity index (χ1n) is 13.9. The van der Waals surface area contributed by atoms with Gasteiger partial charge >= 0.3 is 0 Å². The molecular weight excluding hydrogens is 514 g/mol. The van der Waals surface area contributed by atoms with Gasteiger partial charge in [0.1, 0.15) is 11.8 Å². The number of aryl methyl sites for hydroxylation is 1. The number of anilines is 1. The molecule has 39 heavy (non-hydrogen) atoms. The largest absolute Gasteiger partial charge is 0.497 e. The van der Waals surface area contributed by atoms with Gasteiger partial charge in [0.2, 0.25) is 21.8 Å². The van der Waals surface area contributed by atoms with E-state index in [4.69, 9.17) is 4.74 Å². The maximum atomic E-state index is 13.6. The summed E-state index contributed by atoms with van der Waals surface area (Å²) in [5, 5.41) is 3.19. The molecule has 1 N–H and O–H groups in total. The number of ether oxygens (including phenoxy) is 1. The van der Waals surface area contributed by atoms with Crippen LogP contribution in [0.15, 0.2) is 48.5 Å². The van der Waals surface area contributed by atoms with E-state index in [1.165, 1.54) is 17.0 Å². The highest BCUT2D eigenvalue weighted by Gasteiger charge is 2.30. The molecule has 0 aromatic heterocycles. The SMILES string of the molecule is CC[C@@H](C(=O)NC1CCCCC1)N(Cc1ccc(OC)cc1)C(=O)CCCN(c1ccc(C)cc1)S(C)(=O)=O. The number of nitrogens with zero attached hydrogens (tertiary/aromatic N) is 2. The lowest BCUT2D eigenvalue weighted by Crippen LogP contribution is -2.51. The van der Waals surface area contributed by atoms with Crippen LogP contribution in [0.2, 0.25) is 0 Å². The Bertz CT molecular complexity index is 1180. The van der Waals surface area contributed by atoms with Crippen LogP contribution in [0.1, 0.15) is 69.4 Å². The van der Waals surface area contributed by atoms with Crippen LogP contribution in [0.4, 0.5) is 5.69 Å². The number of rotatable bonds is 13. The summed E-state index contributed by atoms with van der Waals surface area (Å²) in [5.41, 5.74) is 2.50. The highest BCUT2D eigenvalue weighted by atomic mass is 32.2. The number of hydrogen-bond acceptors (Lipinski definition) is 5. The molecule has 1 atom stereocenters. The van der Waals surface area contributed by atoms with Gasteiger partial charge in [0, 0.05) is 25.6 Å². The molecule has 0 saturated heterocycles. The van der Waals surface area contributed by atoms with Crippen molar-refractivity contribution in [1.82, 2.24) is 10.2 Å². The molecule has 1 aliphatic carbocycles. The molecular formula is C30H43N3O5S. The number of benzene rings is 2. The summed E-state index contributed by atoms with van der Waals surface area (Å²) >= 11 is 0. The highest BCUT2D eigenvalue weighted by Crippen LogP contribution is 2.22. The van der Waals surface area contributed by atoms with Gasteiger partial charge < -0.3 is 15.0 Å². The van der Waals surface area contributed by atoms with Crippen molar-refractivity contribution in [2.75, 3.05) is 24.2 Å². The molecule has 0 unspecified atom stereocenters. The van der Waals surface area contributed by atoms with Crippen LogP contribution in [-0.2, 0) is 26.2 Å². The van der Waals surface area contributed by atoms with Gasteiger partial charge in [-0.2, -0.15) is 0 Å². The monoisotopic (exact) mass is 557 g/mol. The number of nitrogens with one attached hydrogen (secondary N) is 1. The van der Waals surface area contributed by atoms with E-state index in [0.717, 1.165) is 42.6 Å². The van der Waals surface area contributed by atoms with Crippen molar-refractivity contribution in [1.29, 1.82) is 0 Å². The highest BCUT2D eigenvalue weighted by molar-refractivity contribution is 7.92. The van der Waals surface area contributed by atoms with Gasteiger partial charge in [-0.25, -0.2) is 8.42 Å². The second-order valence-corrected chi connectivity index (χ2v) is 12.3. The zero-order valence-corrected chi connectivity index (χ0v) is 24.5. The van der Waals surface area contributed by atoms with Crippen LogP contribution >= 0.6 is 0 Å². The van der Waals surface area contributed by atoms with E-state index in [2.05, 4.69) is 5.32 Å². The molecule has 2 aromatic carbocycles. The lowest BCUT2D eigenvalue weighted by atomic mass is 9.95. The van der Waals surface area contributed by atoms with Crippen molar-refractivity contribution in [2.45, 2.75) is 83.8 Å². The Balaban J connectivity index is 1.75. The number of sulfonamides is 1. The zero-order valence-electron chi connectivity index (χ0n) is 23.7. The Labute approximate surface area is 233 Å². The van der Waals surface area contributed by atoms with Crippen LogP contribution in [-0.4, -0.2) is 57.1 Å². The van der Waals surface area contributed by atoms with E-state index in [-0.39, 0.29) is 37.4 Å². The third-order valence-electron chi connectivity index (χ3n) is 7.32. The third-order valence-corrected chi connectivity index (χ3v) is 8.52. The second kappa shape index (κ2) is 14.4. The first-order chi connectivity index (χ1) is 18.6. The molecule has 1 saturated carbocycles. The lowest BCUT2D eigenvalue weighted by molar-refractivity contribution is -0.141. The molecule has 0 aliphatic heterocycles. The molecule has 0 spiro atoms. The van der Waals surface area contributed by atoms with Crippen LogP contribution in [0.25, 0.3) is 0 Å². The molecule has 2 aromatic rings. The van der Waals surface area contributed by atoms with E-state index >= 15 is 0 Å². The van der Waals surface area contributed by atoms with Gasteiger partial charge in [-0.1, -0.05) is 56.0 Å². The fourth-order valence-electron chi connectivity index (χ4n) is 5.11. The fraction of sp³-hybridized carbons (Fsp3) is 0.533. The first-order valence-corrected chi connectivity index (χ1v) is 15.7. The maximum Gasteiger partial charge on any atom is 0.243 e. The molecule has 1 fully saturated rings. The van der Waals surface area contributed by atoms with Gasteiger partial charge in [0.05, 0.1) is 19.1 Å². The second-order valence-electron chi connectivity index (χ2n) is 10.4. The predicted octanol–water partition coefficient (Wildman–Crippen LogP) is 4.81. The summed E-state index contributed by atoms with van der Waals surface area (Å²) in [6, 6.07) is 14.3. The normalized spacial score (nSPS) is 14.9. The maximum absolute atomic E-state index is 13.6. The summed E-state index contributed by atoms with van der Waals surface area (Å²) < 4.78 is 31.6. The standard InChI is InChI=1S/C30H43N3O5S/c1-5-28(30(35)31-25-10-7-6-8-11-25)32(22-24-15-19-27(38-3)20-16-24)29(34)12-9-21-33(39(4,36)37)26-17-13-23(2)14-18-26/h13-20,25,28H,5-12,21-22H2,1-4H3,(H,31,35)/t28-/m0/s1. The Kier molecular flexibility index (Phi) is 11.2. The number of carbonyl (C=O) groups excluding carboxylic acids is 2. The summed E-state index contributed by atoms with van der Waals surface area (Å²) in [5.74, 6) is 0.424. The smallest absolute Gasteiger partial charge is 0.243 e. The van der Waals surface area contributed by atoms with Crippen molar-refractivity contribution in [3.05, 3.63) is 59.7 Å². The Morgan fingerprint density at radius 3 is 2.23 bits per heavy atom. The van der Waals surface area contributed by atoms with Gasteiger partial charge in [0.15, 0.2) is 0 Å². The number of hydrogen-bond donors (Lipinski definition) is 1. The fourth-order valence-corrected chi connectivity index (χ4v) is 6.07. The third kappa shape index (κ3) is 8.98. The van der Waals surface area contributed by atoms with E-state index in [1.807, 2.05) is 50.2 Å². The van der Waals surface area contributed by atoms with Crippen molar-refractivity contribution in [2.24, 2.45) is 0 Å². The van der Waals surface area contributed by atoms with Crippen LogP contribution in [0.5, 0.6) is 5.75 Å².